The number of benzene rings is 1. The van der Waals surface area contributed by atoms with Crippen LogP contribution in [0.3, 0.4) is 0 Å². The van der Waals surface area contributed by atoms with Gasteiger partial charge in [0.25, 0.3) is 5.56 Å². The van der Waals surface area contributed by atoms with Crippen LogP contribution >= 0.6 is 0 Å². The molecule has 0 unspecified atom stereocenters. The van der Waals surface area contributed by atoms with Crippen molar-refractivity contribution in [2.75, 3.05) is 13.1 Å². The topological polar surface area (TPSA) is 86.8 Å². The first-order valence-corrected chi connectivity index (χ1v) is 12.0. The molecule has 2 N–H and O–H groups in total. The summed E-state index contributed by atoms with van der Waals surface area (Å²) in [5.41, 5.74) is 2.25. The summed E-state index contributed by atoms with van der Waals surface area (Å²) in [6.07, 6.45) is 5.97. The third-order valence-electron chi connectivity index (χ3n) is 7.25. The summed E-state index contributed by atoms with van der Waals surface area (Å²) in [5, 5.41) is 3.33. The Hall–Kier alpha value is -3.09. The van der Waals surface area contributed by atoms with Crippen molar-refractivity contribution in [3.05, 3.63) is 69.6 Å². The van der Waals surface area contributed by atoms with Crippen molar-refractivity contribution in [1.82, 2.24) is 15.2 Å². The molecule has 0 spiro atoms. The molecular weight excluding hydrogens is 416 g/mol. The van der Waals surface area contributed by atoms with E-state index in [2.05, 4.69) is 27.4 Å². The number of aliphatic imine (C=N–C) groups is 1. The summed E-state index contributed by atoms with van der Waals surface area (Å²) in [4.78, 5) is 35.0. The van der Waals surface area contributed by atoms with Gasteiger partial charge in [-0.1, -0.05) is 30.3 Å². The molecule has 1 aliphatic carbocycles. The monoisotopic (exact) mass is 448 g/mol. The van der Waals surface area contributed by atoms with Crippen LogP contribution in [0.2, 0.25) is 0 Å². The number of nitrogens with one attached hydrogen (secondary N) is 2. The van der Waals surface area contributed by atoms with E-state index in [1.165, 1.54) is 0 Å². The Balaban J connectivity index is 1.34. The van der Waals surface area contributed by atoms with Gasteiger partial charge in [0.1, 0.15) is 11.4 Å². The van der Waals surface area contributed by atoms with Crippen LogP contribution in [0.15, 0.2) is 52.4 Å². The van der Waals surface area contributed by atoms with E-state index >= 15 is 0 Å². The molecule has 2 aliphatic heterocycles. The second-order valence-corrected chi connectivity index (χ2v) is 9.88. The Morgan fingerprint density at radius 3 is 2.55 bits per heavy atom. The summed E-state index contributed by atoms with van der Waals surface area (Å²) in [6, 6.07) is 12.1. The van der Waals surface area contributed by atoms with Crippen LogP contribution in [0.4, 0.5) is 4.79 Å². The molecular formula is C26H32N4O3. The van der Waals surface area contributed by atoms with Crippen molar-refractivity contribution in [2.45, 2.75) is 69.6 Å². The molecule has 0 bridgehead atoms. The number of carbonyl (C=O) groups is 1. The lowest BCUT2D eigenvalue weighted by Crippen LogP contribution is -2.42. The van der Waals surface area contributed by atoms with Gasteiger partial charge in [0.05, 0.1) is 6.04 Å². The highest BCUT2D eigenvalue weighted by molar-refractivity contribution is 5.99. The van der Waals surface area contributed by atoms with Crippen molar-refractivity contribution in [3.8, 4) is 0 Å². The second-order valence-electron chi connectivity index (χ2n) is 9.88. The molecule has 2 fully saturated rings. The third kappa shape index (κ3) is 4.16. The smallest absolute Gasteiger partial charge is 0.411 e. The maximum absolute atomic E-state index is 12.9. The molecule has 3 aliphatic rings. The van der Waals surface area contributed by atoms with Crippen molar-refractivity contribution in [3.63, 3.8) is 0 Å². The van der Waals surface area contributed by atoms with Crippen LogP contribution in [-0.2, 0) is 4.74 Å². The fourth-order valence-corrected chi connectivity index (χ4v) is 5.66. The van der Waals surface area contributed by atoms with Crippen molar-refractivity contribution < 1.29 is 9.53 Å². The Morgan fingerprint density at radius 2 is 1.85 bits per heavy atom. The van der Waals surface area contributed by atoms with Gasteiger partial charge in [-0.15, -0.1) is 0 Å². The van der Waals surface area contributed by atoms with E-state index in [0.717, 1.165) is 67.7 Å². The lowest BCUT2D eigenvalue weighted by molar-refractivity contribution is 0.0664. The quantitative estimate of drug-likeness (QED) is 0.737. The average molecular weight is 449 g/mol. The fourth-order valence-electron chi connectivity index (χ4n) is 5.66. The fraction of sp³-hybridized carbons (Fsp3) is 0.500. The number of ether oxygens (including phenoxy) is 1. The molecule has 2 aromatic rings. The van der Waals surface area contributed by atoms with Gasteiger partial charge < -0.3 is 15.0 Å². The number of cyclic esters (lactones) is 1. The van der Waals surface area contributed by atoms with Crippen LogP contribution < -0.4 is 10.9 Å². The summed E-state index contributed by atoms with van der Waals surface area (Å²) in [7, 11) is 0. The van der Waals surface area contributed by atoms with E-state index in [0.29, 0.717) is 0 Å². The van der Waals surface area contributed by atoms with Crippen LogP contribution in [0.1, 0.15) is 74.6 Å². The second kappa shape index (κ2) is 8.69. The number of aromatic amines is 1. The first kappa shape index (κ1) is 21.7. The van der Waals surface area contributed by atoms with Crippen molar-refractivity contribution in [1.29, 1.82) is 0 Å². The number of hydrogen-bond acceptors (Lipinski definition) is 5. The molecule has 33 heavy (non-hydrogen) atoms. The maximum atomic E-state index is 12.9. The molecule has 7 nitrogen and oxygen atoms in total. The molecule has 174 valence electrons. The Bertz CT molecular complexity index is 1100. The van der Waals surface area contributed by atoms with E-state index in [9.17, 15) is 9.59 Å². The summed E-state index contributed by atoms with van der Waals surface area (Å²) in [5.74, 6) is 1.04. The zero-order valence-corrected chi connectivity index (χ0v) is 19.3. The van der Waals surface area contributed by atoms with Gasteiger partial charge >= 0.3 is 6.09 Å². The molecule has 7 heteroatoms. The van der Waals surface area contributed by atoms with E-state index in [1.54, 1.807) is 6.20 Å². The van der Waals surface area contributed by atoms with Gasteiger partial charge in [0, 0.05) is 36.5 Å². The van der Waals surface area contributed by atoms with Crippen LogP contribution in [0.5, 0.6) is 0 Å². The highest BCUT2D eigenvalue weighted by Crippen LogP contribution is 2.45. The lowest BCUT2D eigenvalue weighted by Gasteiger charge is -2.38. The number of hydrogen-bond donors (Lipinski definition) is 2. The number of nitrogens with zero attached hydrogens (tertiary/aromatic N) is 2. The van der Waals surface area contributed by atoms with E-state index in [-0.39, 0.29) is 29.7 Å². The van der Waals surface area contributed by atoms with Gasteiger partial charge in [-0.05, 0) is 63.5 Å². The molecule has 1 aromatic heterocycles. The SMILES string of the molecule is CC1(C)OC(=O)N(C2CCC(c3cc(C4=NCCCN4)c[nH]c3=O)CC2)[C@H]1c1ccccc1. The first-order valence-electron chi connectivity index (χ1n) is 12.0. The summed E-state index contributed by atoms with van der Waals surface area (Å²) >= 11 is 0. The average Bonchev–Trinajstić information content (AvgIpc) is 3.08. The number of amidine groups is 1. The van der Waals surface area contributed by atoms with Gasteiger partial charge in [0.2, 0.25) is 0 Å². The Labute approximate surface area is 194 Å². The number of H-pyrrole nitrogens is 1. The van der Waals surface area contributed by atoms with Crippen molar-refractivity contribution >= 4 is 11.9 Å². The minimum Gasteiger partial charge on any atom is -0.441 e. The molecule has 1 saturated carbocycles. The minimum atomic E-state index is -0.589. The number of pyridine rings is 1. The van der Waals surface area contributed by atoms with Crippen LogP contribution in [0.25, 0.3) is 0 Å². The molecule has 0 radical (unpaired) electrons. The Morgan fingerprint density at radius 1 is 1.09 bits per heavy atom. The normalized spacial score (nSPS) is 27.0. The third-order valence-corrected chi connectivity index (χ3v) is 7.25. The molecule has 5 rings (SSSR count). The molecule has 3 heterocycles. The zero-order valence-electron chi connectivity index (χ0n) is 19.3. The standard InChI is InChI=1S/C26H32N4O3/c1-26(2)22(18-7-4-3-5-8-18)30(25(32)33-26)20-11-9-17(10-12-20)21-15-19(16-29-24(21)31)23-27-13-6-14-28-23/h3-5,7-8,15-17,20,22H,6,9-14H2,1-2H3,(H,27,28)(H,29,31)/t17?,20?,22-/m0/s1. The zero-order chi connectivity index (χ0) is 23.0. The maximum Gasteiger partial charge on any atom is 0.411 e. The Kier molecular flexibility index (Phi) is 5.72. The van der Waals surface area contributed by atoms with E-state index in [4.69, 9.17) is 4.74 Å². The molecule has 1 amide bonds. The lowest BCUT2D eigenvalue weighted by atomic mass is 9.80. The highest BCUT2D eigenvalue weighted by Gasteiger charge is 2.51. The molecule has 1 saturated heterocycles. The minimum absolute atomic E-state index is 0.0255. The number of rotatable bonds is 4. The van der Waals surface area contributed by atoms with Crippen LogP contribution in [-0.4, -0.2) is 46.5 Å². The number of carbonyl (C=O) groups excluding carboxylic acids is 1. The van der Waals surface area contributed by atoms with Crippen LogP contribution in [0, 0.1) is 0 Å². The van der Waals surface area contributed by atoms with Gasteiger partial charge in [-0.3, -0.25) is 14.7 Å². The first-order chi connectivity index (χ1) is 15.9. The number of aromatic nitrogens is 1. The van der Waals surface area contributed by atoms with E-state index in [1.807, 2.05) is 43.0 Å². The predicted molar refractivity (Wildman–Crippen MR) is 128 cm³/mol. The predicted octanol–water partition coefficient (Wildman–Crippen LogP) is 4.11. The van der Waals surface area contributed by atoms with Gasteiger partial charge in [-0.2, -0.15) is 0 Å². The molecule has 1 atom stereocenters. The summed E-state index contributed by atoms with van der Waals surface area (Å²) < 4.78 is 5.81. The number of amides is 1. The van der Waals surface area contributed by atoms with Crippen molar-refractivity contribution in [2.24, 2.45) is 4.99 Å². The highest BCUT2D eigenvalue weighted by atomic mass is 16.6. The van der Waals surface area contributed by atoms with E-state index < -0.39 is 5.60 Å². The van der Waals surface area contributed by atoms with Gasteiger partial charge in [0.15, 0.2) is 0 Å². The largest absolute Gasteiger partial charge is 0.441 e. The van der Waals surface area contributed by atoms with Gasteiger partial charge in [-0.25, -0.2) is 4.79 Å². The summed E-state index contributed by atoms with van der Waals surface area (Å²) in [6.45, 7) is 5.69. The molecule has 1 aromatic carbocycles.